The van der Waals surface area contributed by atoms with E-state index in [1.54, 1.807) is 0 Å². The van der Waals surface area contributed by atoms with E-state index in [-0.39, 0.29) is 11.1 Å². The molecule has 100 valence electrons. The first-order valence-electron chi connectivity index (χ1n) is 6.68. The van der Waals surface area contributed by atoms with Gasteiger partial charge >= 0.3 is 0 Å². The Morgan fingerprint density at radius 3 is 2.53 bits per heavy atom. The van der Waals surface area contributed by atoms with Crippen LogP contribution in [0.4, 0.5) is 5.69 Å². The molecule has 1 aromatic carbocycles. The number of anilines is 1. The summed E-state index contributed by atoms with van der Waals surface area (Å²) in [6.45, 7) is 10.5. The summed E-state index contributed by atoms with van der Waals surface area (Å²) in [5, 5.41) is 0. The maximum absolute atomic E-state index is 6.15. The highest BCUT2D eigenvalue weighted by atomic mass is 16.5. The monoisotopic (exact) mass is 256 g/mol. The number of para-hydroxylation sites is 1. The van der Waals surface area contributed by atoms with Crippen LogP contribution in [0.3, 0.4) is 0 Å². The number of hydrogen-bond acceptors (Lipinski definition) is 3. The first kappa shape index (κ1) is 12.3. The molecule has 0 bridgehead atoms. The number of amidine groups is 1. The van der Waals surface area contributed by atoms with Gasteiger partial charge in [0.2, 0.25) is 0 Å². The highest BCUT2D eigenvalue weighted by Crippen LogP contribution is 2.42. The predicted molar refractivity (Wildman–Crippen MR) is 78.3 cm³/mol. The highest BCUT2D eigenvalue weighted by Gasteiger charge is 2.40. The van der Waals surface area contributed by atoms with Gasteiger partial charge < -0.3 is 4.74 Å². The van der Waals surface area contributed by atoms with Crippen LogP contribution in [0.1, 0.15) is 40.2 Å². The lowest BCUT2D eigenvalue weighted by Crippen LogP contribution is -2.47. The first-order valence-corrected chi connectivity index (χ1v) is 6.68. The molecule has 2 heterocycles. The maximum Gasteiger partial charge on any atom is 0.298 e. The zero-order valence-corrected chi connectivity index (χ0v) is 12.2. The summed E-state index contributed by atoms with van der Waals surface area (Å²) < 4.78 is 6.15. The van der Waals surface area contributed by atoms with Gasteiger partial charge in [0, 0.05) is 11.3 Å². The van der Waals surface area contributed by atoms with Crippen molar-refractivity contribution in [2.75, 3.05) is 4.90 Å². The standard InChI is InChI=1S/C16H20N2O/c1-11-10-15(2,3)17-14-18(11)13-9-7-6-8-12(13)16(4,5)19-14/h6-10H,1-5H3. The average Bonchev–Trinajstić information content (AvgIpc) is 2.25. The predicted octanol–water partition coefficient (Wildman–Crippen LogP) is 3.81. The molecule has 2 aliphatic rings. The van der Waals surface area contributed by atoms with Crippen molar-refractivity contribution in [3.05, 3.63) is 41.6 Å². The van der Waals surface area contributed by atoms with Crippen molar-refractivity contribution in [1.29, 1.82) is 0 Å². The number of rotatable bonds is 0. The van der Waals surface area contributed by atoms with E-state index in [9.17, 15) is 0 Å². The van der Waals surface area contributed by atoms with Crippen molar-refractivity contribution >= 4 is 11.7 Å². The van der Waals surface area contributed by atoms with E-state index in [1.807, 2.05) is 0 Å². The molecule has 0 fully saturated rings. The normalized spacial score (nSPS) is 22.7. The Morgan fingerprint density at radius 1 is 1.11 bits per heavy atom. The van der Waals surface area contributed by atoms with Crippen LogP contribution in [-0.4, -0.2) is 11.6 Å². The van der Waals surface area contributed by atoms with Crippen LogP contribution in [0.15, 0.2) is 41.0 Å². The molecular weight excluding hydrogens is 236 g/mol. The van der Waals surface area contributed by atoms with Crippen LogP contribution in [0, 0.1) is 0 Å². The summed E-state index contributed by atoms with van der Waals surface area (Å²) in [5.41, 5.74) is 2.97. The molecule has 3 rings (SSSR count). The minimum Gasteiger partial charge on any atom is -0.454 e. The second-order valence-corrected chi connectivity index (χ2v) is 6.30. The quantitative estimate of drug-likeness (QED) is 0.705. The van der Waals surface area contributed by atoms with E-state index >= 15 is 0 Å². The van der Waals surface area contributed by atoms with Gasteiger partial charge in [0.15, 0.2) is 0 Å². The summed E-state index contributed by atoms with van der Waals surface area (Å²) in [6.07, 6.45) is 2.18. The van der Waals surface area contributed by atoms with Crippen LogP contribution >= 0.6 is 0 Å². The maximum atomic E-state index is 6.15. The van der Waals surface area contributed by atoms with Crippen LogP contribution < -0.4 is 4.90 Å². The lowest BCUT2D eigenvalue weighted by Gasteiger charge is -2.44. The first-order chi connectivity index (χ1) is 8.80. The number of benzene rings is 1. The van der Waals surface area contributed by atoms with Gasteiger partial charge in [0.25, 0.3) is 6.02 Å². The molecule has 0 radical (unpaired) electrons. The molecule has 0 aliphatic carbocycles. The molecule has 19 heavy (non-hydrogen) atoms. The third kappa shape index (κ3) is 1.84. The van der Waals surface area contributed by atoms with E-state index in [1.165, 1.54) is 11.3 Å². The molecule has 1 aromatic rings. The fourth-order valence-corrected chi connectivity index (χ4v) is 2.88. The summed E-state index contributed by atoms with van der Waals surface area (Å²) in [5.74, 6) is 0. The van der Waals surface area contributed by atoms with Crippen molar-refractivity contribution in [3.63, 3.8) is 0 Å². The van der Waals surface area contributed by atoms with E-state index < -0.39 is 0 Å². The third-order valence-corrected chi connectivity index (χ3v) is 3.63. The Balaban J connectivity index is 2.22. The van der Waals surface area contributed by atoms with Crippen molar-refractivity contribution in [3.8, 4) is 0 Å². The molecule has 0 atom stereocenters. The van der Waals surface area contributed by atoms with Gasteiger partial charge in [-0.2, -0.15) is 0 Å². The smallest absolute Gasteiger partial charge is 0.298 e. The number of hydrogen-bond donors (Lipinski definition) is 0. The lowest BCUT2D eigenvalue weighted by atomic mass is 9.93. The summed E-state index contributed by atoms with van der Waals surface area (Å²) in [6, 6.07) is 9.07. The van der Waals surface area contributed by atoms with Gasteiger partial charge in [-0.05, 0) is 46.8 Å². The second kappa shape index (κ2) is 3.62. The molecule has 0 unspecified atom stereocenters. The number of fused-ring (bicyclic) bond motifs is 3. The summed E-state index contributed by atoms with van der Waals surface area (Å²) in [4.78, 5) is 6.83. The number of allylic oxidation sites excluding steroid dienone is 1. The zero-order chi connectivity index (χ0) is 13.8. The number of nitrogens with zero attached hydrogens (tertiary/aromatic N) is 2. The van der Waals surface area contributed by atoms with Gasteiger partial charge in [0.1, 0.15) is 5.60 Å². The van der Waals surface area contributed by atoms with Gasteiger partial charge in [-0.3, -0.25) is 4.90 Å². The van der Waals surface area contributed by atoms with Gasteiger partial charge in [-0.25, -0.2) is 4.99 Å². The largest absolute Gasteiger partial charge is 0.454 e. The van der Waals surface area contributed by atoms with Gasteiger partial charge in [-0.1, -0.05) is 18.2 Å². The van der Waals surface area contributed by atoms with Crippen LogP contribution in [0.5, 0.6) is 0 Å². The van der Waals surface area contributed by atoms with Crippen LogP contribution in [0.2, 0.25) is 0 Å². The summed E-state index contributed by atoms with van der Waals surface area (Å²) in [7, 11) is 0. The Hall–Kier alpha value is -1.77. The minimum absolute atomic E-state index is 0.210. The fraction of sp³-hybridized carbons (Fsp3) is 0.438. The molecular formula is C16H20N2O. The second-order valence-electron chi connectivity index (χ2n) is 6.30. The Kier molecular flexibility index (Phi) is 2.34. The summed E-state index contributed by atoms with van der Waals surface area (Å²) >= 11 is 0. The van der Waals surface area contributed by atoms with Crippen molar-refractivity contribution in [1.82, 2.24) is 0 Å². The third-order valence-electron chi connectivity index (χ3n) is 3.63. The topological polar surface area (TPSA) is 24.8 Å². The Bertz CT molecular complexity index is 597. The Morgan fingerprint density at radius 2 is 1.79 bits per heavy atom. The molecule has 0 N–H and O–H groups in total. The molecule has 0 spiro atoms. The molecule has 0 saturated heterocycles. The van der Waals surface area contributed by atoms with Gasteiger partial charge in [-0.15, -0.1) is 0 Å². The van der Waals surface area contributed by atoms with E-state index in [2.05, 4.69) is 69.9 Å². The van der Waals surface area contributed by atoms with E-state index in [4.69, 9.17) is 9.73 Å². The molecule has 2 aliphatic heterocycles. The number of aliphatic imine (C=N–C) groups is 1. The SMILES string of the molecule is CC1=CC(C)(C)N=C2OC(C)(C)c3ccccc3N12. The zero-order valence-electron chi connectivity index (χ0n) is 12.2. The van der Waals surface area contributed by atoms with Crippen molar-refractivity contribution < 1.29 is 4.74 Å². The van der Waals surface area contributed by atoms with Crippen LogP contribution in [0.25, 0.3) is 0 Å². The molecule has 3 heteroatoms. The van der Waals surface area contributed by atoms with E-state index in [0.717, 1.165) is 5.70 Å². The highest BCUT2D eigenvalue weighted by molar-refractivity contribution is 5.99. The van der Waals surface area contributed by atoms with Gasteiger partial charge in [0.05, 0.1) is 11.2 Å². The molecule has 0 saturated carbocycles. The van der Waals surface area contributed by atoms with Crippen LogP contribution in [-0.2, 0) is 10.3 Å². The lowest BCUT2D eigenvalue weighted by molar-refractivity contribution is 0.0831. The molecule has 3 nitrogen and oxygen atoms in total. The van der Waals surface area contributed by atoms with Crippen molar-refractivity contribution in [2.45, 2.75) is 45.8 Å². The fourth-order valence-electron chi connectivity index (χ4n) is 2.88. The Labute approximate surface area is 114 Å². The van der Waals surface area contributed by atoms with Crippen molar-refractivity contribution in [2.24, 2.45) is 4.99 Å². The van der Waals surface area contributed by atoms with E-state index in [0.29, 0.717) is 6.02 Å². The average molecular weight is 256 g/mol. The minimum atomic E-state index is -0.348. The number of ether oxygens (including phenoxy) is 1. The molecule has 0 amide bonds. The molecule has 0 aromatic heterocycles.